The Hall–Kier alpha value is -2.34. The van der Waals surface area contributed by atoms with E-state index in [0.29, 0.717) is 17.9 Å². The molecule has 0 unspecified atom stereocenters. The summed E-state index contributed by atoms with van der Waals surface area (Å²) in [5, 5.41) is 4.01. The summed E-state index contributed by atoms with van der Waals surface area (Å²) >= 11 is 0. The smallest absolute Gasteiger partial charge is 0.212 e. The second-order valence-electron chi connectivity index (χ2n) is 5.19. The molecule has 1 aromatic heterocycles. The first-order chi connectivity index (χ1) is 10.4. The highest BCUT2D eigenvalue weighted by molar-refractivity contribution is 6.23. The van der Waals surface area contributed by atoms with E-state index in [9.17, 15) is 9.18 Å². The lowest BCUT2D eigenvalue weighted by Crippen LogP contribution is -2.37. The summed E-state index contributed by atoms with van der Waals surface area (Å²) in [6, 6.07) is 5.85. The third kappa shape index (κ3) is 3.65. The number of Topliss-reactive ketones (excluding diaryl/α,β-unsaturated/α-hetero) is 1. The van der Waals surface area contributed by atoms with Crippen molar-refractivity contribution in [3.8, 4) is 0 Å². The Labute approximate surface area is 128 Å². The van der Waals surface area contributed by atoms with Crippen molar-refractivity contribution in [2.75, 3.05) is 6.61 Å². The zero-order valence-corrected chi connectivity index (χ0v) is 12.8. The summed E-state index contributed by atoms with van der Waals surface area (Å²) in [5.74, 6) is -0.565. The molecule has 1 aromatic carbocycles. The highest BCUT2D eigenvalue weighted by Gasteiger charge is 2.32. The van der Waals surface area contributed by atoms with Crippen molar-refractivity contribution >= 4 is 17.6 Å². The van der Waals surface area contributed by atoms with Gasteiger partial charge >= 0.3 is 0 Å². The molecule has 0 aliphatic rings. The van der Waals surface area contributed by atoms with Crippen LogP contribution in [0.4, 0.5) is 4.39 Å². The van der Waals surface area contributed by atoms with Gasteiger partial charge in [-0.1, -0.05) is 12.1 Å². The van der Waals surface area contributed by atoms with Crippen molar-refractivity contribution in [1.29, 1.82) is 0 Å². The Morgan fingerprint density at radius 2 is 2.05 bits per heavy atom. The van der Waals surface area contributed by atoms with Crippen molar-refractivity contribution < 1.29 is 13.9 Å². The Kier molecular flexibility index (Phi) is 4.82. The predicted octanol–water partition coefficient (Wildman–Crippen LogP) is 2.80. The van der Waals surface area contributed by atoms with Gasteiger partial charge in [0.2, 0.25) is 5.78 Å². The summed E-state index contributed by atoms with van der Waals surface area (Å²) in [6.45, 7) is 5.65. The quantitative estimate of drug-likeness (QED) is 0.770. The fraction of sp³-hybridized carbons (Fsp3) is 0.312. The number of ketones is 1. The van der Waals surface area contributed by atoms with Crippen molar-refractivity contribution in [2.24, 2.45) is 0 Å². The maximum absolute atomic E-state index is 13.0. The van der Waals surface area contributed by atoms with Gasteiger partial charge < -0.3 is 4.74 Å². The molecule has 2 rings (SSSR count). The summed E-state index contributed by atoms with van der Waals surface area (Å²) in [4.78, 5) is 16.6. The minimum atomic E-state index is -0.993. The zero-order valence-electron chi connectivity index (χ0n) is 12.8. The van der Waals surface area contributed by atoms with Crippen LogP contribution in [0.2, 0.25) is 0 Å². The fourth-order valence-corrected chi connectivity index (χ4v) is 2.02. The van der Waals surface area contributed by atoms with Crippen molar-refractivity contribution in [3.05, 3.63) is 48.3 Å². The lowest BCUT2D eigenvalue weighted by Gasteiger charge is -2.24. The molecule has 6 heteroatoms. The maximum atomic E-state index is 13.0. The zero-order chi connectivity index (χ0) is 16.2. The number of ether oxygens (including phenoxy) is 1. The largest absolute Gasteiger partial charge is 0.368 e. The van der Waals surface area contributed by atoms with E-state index in [2.05, 4.69) is 10.1 Å². The van der Waals surface area contributed by atoms with Gasteiger partial charge in [0.15, 0.2) is 0 Å². The van der Waals surface area contributed by atoms with Crippen LogP contribution < -0.4 is 0 Å². The molecule has 0 atom stereocenters. The monoisotopic (exact) mass is 303 g/mol. The molecule has 0 fully saturated rings. The number of hydrogen-bond donors (Lipinski definition) is 0. The highest BCUT2D eigenvalue weighted by Crippen LogP contribution is 2.21. The fourth-order valence-electron chi connectivity index (χ4n) is 2.02. The summed E-state index contributed by atoms with van der Waals surface area (Å²) in [6.07, 6.45) is 4.42. The maximum Gasteiger partial charge on any atom is 0.212 e. The van der Waals surface area contributed by atoms with E-state index in [0.717, 1.165) is 0 Å². The van der Waals surface area contributed by atoms with Crippen LogP contribution in [0.25, 0.3) is 11.8 Å². The van der Waals surface area contributed by atoms with E-state index in [1.807, 2.05) is 6.92 Å². The van der Waals surface area contributed by atoms with Crippen LogP contribution in [-0.4, -0.2) is 32.8 Å². The first-order valence-electron chi connectivity index (χ1n) is 6.95. The standard InChI is InChI=1S/C16H18FN3O2/c1-4-22-16(2,3)15(21)14(20-11-18-10-19-20)9-12-5-7-13(17)8-6-12/h5-11H,4H2,1-3H3/b14-9-. The van der Waals surface area contributed by atoms with Gasteiger partial charge in [-0.2, -0.15) is 5.10 Å². The Balaban J connectivity index is 2.44. The van der Waals surface area contributed by atoms with Gasteiger partial charge in [0.05, 0.1) is 0 Å². The first kappa shape index (κ1) is 16.0. The molecule has 0 spiro atoms. The number of halogens is 1. The molecule has 22 heavy (non-hydrogen) atoms. The average molecular weight is 303 g/mol. The lowest BCUT2D eigenvalue weighted by atomic mass is 9.99. The van der Waals surface area contributed by atoms with Crippen LogP contribution in [0.15, 0.2) is 36.9 Å². The van der Waals surface area contributed by atoms with Crippen molar-refractivity contribution in [3.63, 3.8) is 0 Å². The third-order valence-corrected chi connectivity index (χ3v) is 3.12. The molecule has 0 aliphatic heterocycles. The van der Waals surface area contributed by atoms with Crippen LogP contribution in [0.1, 0.15) is 26.3 Å². The molecule has 116 valence electrons. The number of carbonyl (C=O) groups is 1. The molecule has 0 bridgehead atoms. The molecule has 5 nitrogen and oxygen atoms in total. The number of aromatic nitrogens is 3. The minimum Gasteiger partial charge on any atom is -0.368 e. The Morgan fingerprint density at radius 1 is 1.36 bits per heavy atom. The molecule has 0 saturated carbocycles. The normalized spacial score (nSPS) is 12.5. The van der Waals surface area contributed by atoms with Gasteiger partial charge in [0.1, 0.15) is 29.8 Å². The molecule has 0 N–H and O–H groups in total. The van der Waals surface area contributed by atoms with Gasteiger partial charge in [-0.25, -0.2) is 14.1 Å². The van der Waals surface area contributed by atoms with Crippen LogP contribution in [0.5, 0.6) is 0 Å². The van der Waals surface area contributed by atoms with Gasteiger partial charge in [-0.15, -0.1) is 0 Å². The summed E-state index contributed by atoms with van der Waals surface area (Å²) in [7, 11) is 0. The van der Waals surface area contributed by atoms with Crippen molar-refractivity contribution in [2.45, 2.75) is 26.4 Å². The molecule has 0 aliphatic carbocycles. The highest BCUT2D eigenvalue weighted by atomic mass is 19.1. The average Bonchev–Trinajstić information content (AvgIpc) is 3.00. The molecular formula is C16H18FN3O2. The molecular weight excluding hydrogens is 285 g/mol. The second kappa shape index (κ2) is 6.62. The molecule has 0 amide bonds. The lowest BCUT2D eigenvalue weighted by molar-refractivity contribution is -0.133. The number of hydrogen-bond acceptors (Lipinski definition) is 4. The summed E-state index contributed by atoms with van der Waals surface area (Å²) in [5.41, 5.74) is 0.00198. The minimum absolute atomic E-state index is 0.232. The SMILES string of the molecule is CCOC(C)(C)C(=O)/C(=C/c1ccc(F)cc1)n1cncn1. The van der Waals surface area contributed by atoms with E-state index in [1.165, 1.54) is 29.5 Å². The predicted molar refractivity (Wildman–Crippen MR) is 81.3 cm³/mol. The van der Waals surface area contributed by atoms with E-state index < -0.39 is 5.60 Å². The van der Waals surface area contributed by atoms with Crippen molar-refractivity contribution in [1.82, 2.24) is 14.8 Å². The summed E-state index contributed by atoms with van der Waals surface area (Å²) < 4.78 is 19.9. The first-order valence-corrected chi connectivity index (χ1v) is 6.95. The number of rotatable bonds is 6. The van der Waals surface area contributed by atoms with Crippen LogP contribution in [0, 0.1) is 5.82 Å². The van der Waals surface area contributed by atoms with E-state index in [4.69, 9.17) is 4.74 Å². The van der Waals surface area contributed by atoms with Gasteiger partial charge in [0, 0.05) is 6.61 Å². The Morgan fingerprint density at radius 3 is 2.59 bits per heavy atom. The van der Waals surface area contributed by atoms with E-state index in [1.54, 1.807) is 32.1 Å². The number of carbonyl (C=O) groups excluding carboxylic acids is 1. The van der Waals surface area contributed by atoms with E-state index in [-0.39, 0.29) is 11.6 Å². The number of nitrogens with zero attached hydrogens (tertiary/aromatic N) is 3. The second-order valence-corrected chi connectivity index (χ2v) is 5.19. The molecule has 0 radical (unpaired) electrons. The van der Waals surface area contributed by atoms with Crippen LogP contribution >= 0.6 is 0 Å². The van der Waals surface area contributed by atoms with Gasteiger partial charge in [-0.05, 0) is 44.5 Å². The number of benzene rings is 1. The Bertz CT molecular complexity index is 661. The van der Waals surface area contributed by atoms with Crippen LogP contribution in [-0.2, 0) is 9.53 Å². The van der Waals surface area contributed by atoms with Gasteiger partial charge in [0.25, 0.3) is 0 Å². The molecule has 0 saturated heterocycles. The molecule has 2 aromatic rings. The van der Waals surface area contributed by atoms with Gasteiger partial charge in [-0.3, -0.25) is 4.79 Å². The molecule has 1 heterocycles. The van der Waals surface area contributed by atoms with Crippen LogP contribution in [0.3, 0.4) is 0 Å². The third-order valence-electron chi connectivity index (χ3n) is 3.12. The van der Waals surface area contributed by atoms with E-state index >= 15 is 0 Å². The topological polar surface area (TPSA) is 57.0 Å².